The monoisotopic (exact) mass is 581 g/mol. The lowest BCUT2D eigenvalue weighted by atomic mass is 10.1. The van der Waals surface area contributed by atoms with Gasteiger partial charge in [-0.3, -0.25) is 10.1 Å². The third-order valence-electron chi connectivity index (χ3n) is 6.04. The van der Waals surface area contributed by atoms with E-state index < -0.39 is 33.6 Å². The summed E-state index contributed by atoms with van der Waals surface area (Å²) in [6, 6.07) is 9.34. The van der Waals surface area contributed by atoms with Crippen molar-refractivity contribution in [2.45, 2.75) is 90.9 Å². The van der Waals surface area contributed by atoms with Gasteiger partial charge in [-0.15, -0.1) is 0 Å². The van der Waals surface area contributed by atoms with Crippen molar-refractivity contribution in [2.75, 3.05) is 15.4 Å². The van der Waals surface area contributed by atoms with Gasteiger partial charge in [0.05, 0.1) is 11.4 Å². The highest BCUT2D eigenvalue weighted by Gasteiger charge is 2.32. The minimum Gasteiger partial charge on any atom is -0.504 e. The van der Waals surface area contributed by atoms with Crippen molar-refractivity contribution >= 4 is 45.1 Å². The number of carbonyl (C=O) groups is 2. The zero-order valence-electron chi connectivity index (χ0n) is 22.8. The minimum absolute atomic E-state index is 0.0561. The molecule has 11 heteroatoms. The van der Waals surface area contributed by atoms with Gasteiger partial charge in [0.25, 0.3) is 0 Å². The lowest BCUT2D eigenvalue weighted by molar-refractivity contribution is -0.117. The average Bonchev–Trinajstić information content (AvgIpc) is 2.88. The molecule has 0 fully saturated rings. The number of halogens is 1. The maximum absolute atomic E-state index is 13.2. The number of ether oxygens (including phenoxy) is 1. The van der Waals surface area contributed by atoms with Crippen LogP contribution in [0.15, 0.2) is 36.4 Å². The van der Waals surface area contributed by atoms with Crippen LogP contribution in [0.4, 0.5) is 16.3 Å². The van der Waals surface area contributed by atoms with Crippen molar-refractivity contribution < 1.29 is 27.9 Å². The molecular weight excluding hydrogens is 542 g/mol. The van der Waals surface area contributed by atoms with E-state index in [1.807, 2.05) is 0 Å². The lowest BCUT2D eigenvalue weighted by Crippen LogP contribution is -2.39. The van der Waals surface area contributed by atoms with Crippen LogP contribution in [0.5, 0.6) is 11.5 Å². The summed E-state index contributed by atoms with van der Waals surface area (Å²) in [4.78, 5) is 29.1. The van der Waals surface area contributed by atoms with E-state index in [1.54, 1.807) is 37.3 Å². The summed E-state index contributed by atoms with van der Waals surface area (Å²) in [6.45, 7) is 3.94. The SMILES string of the molecule is CCCCCCCCCCCCS(=O)(=O)N(C(=O)CCC)c1nc(Cl)c(NC(=O)Oc2ccccc2)cc1O. The second-order valence-corrected chi connectivity index (χ2v) is 11.7. The first-order valence-corrected chi connectivity index (χ1v) is 15.7. The van der Waals surface area contributed by atoms with E-state index in [9.17, 15) is 23.1 Å². The fraction of sp³-hybridized carbons (Fsp3) is 0.536. The summed E-state index contributed by atoms with van der Waals surface area (Å²) in [5.74, 6) is -1.80. The quantitative estimate of drug-likeness (QED) is 0.147. The molecule has 39 heavy (non-hydrogen) atoms. The molecule has 1 aromatic carbocycles. The molecule has 2 amide bonds. The summed E-state index contributed by atoms with van der Waals surface area (Å²) in [6.07, 6.45) is 9.83. The number of aromatic hydroxyl groups is 1. The molecule has 0 spiro atoms. The van der Waals surface area contributed by atoms with E-state index in [0.29, 0.717) is 17.1 Å². The van der Waals surface area contributed by atoms with Crippen LogP contribution in [0.3, 0.4) is 0 Å². The number of anilines is 2. The molecule has 0 unspecified atom stereocenters. The van der Waals surface area contributed by atoms with Crippen molar-refractivity contribution in [2.24, 2.45) is 0 Å². The van der Waals surface area contributed by atoms with Gasteiger partial charge in [-0.2, -0.15) is 4.31 Å². The summed E-state index contributed by atoms with van der Waals surface area (Å²) in [7, 11) is -4.13. The maximum Gasteiger partial charge on any atom is 0.417 e. The largest absolute Gasteiger partial charge is 0.504 e. The molecule has 0 aliphatic rings. The highest BCUT2D eigenvalue weighted by Crippen LogP contribution is 2.35. The number of unbranched alkanes of at least 4 members (excludes halogenated alkanes) is 9. The smallest absolute Gasteiger partial charge is 0.417 e. The predicted molar refractivity (Wildman–Crippen MR) is 155 cm³/mol. The molecule has 2 N–H and O–H groups in total. The molecule has 0 bridgehead atoms. The normalized spacial score (nSPS) is 11.3. The van der Waals surface area contributed by atoms with Crippen LogP contribution >= 0.6 is 11.6 Å². The number of sulfonamides is 1. The molecule has 0 aliphatic carbocycles. The molecule has 1 aromatic heterocycles. The molecule has 0 radical (unpaired) electrons. The van der Waals surface area contributed by atoms with Crippen LogP contribution in [0.1, 0.15) is 90.9 Å². The van der Waals surface area contributed by atoms with E-state index in [0.717, 1.165) is 31.7 Å². The second-order valence-electron chi connectivity index (χ2n) is 9.40. The number of amides is 2. The number of aromatic nitrogens is 1. The number of hydrogen-bond acceptors (Lipinski definition) is 7. The predicted octanol–water partition coefficient (Wildman–Crippen LogP) is 7.44. The number of rotatable bonds is 17. The summed E-state index contributed by atoms with van der Waals surface area (Å²) < 4.78 is 32.1. The lowest BCUT2D eigenvalue weighted by Gasteiger charge is -2.23. The molecule has 9 nitrogen and oxygen atoms in total. The second kappa shape index (κ2) is 17.0. The molecular formula is C28H40ClN3O6S. The average molecular weight is 582 g/mol. The Morgan fingerprint density at radius 3 is 2.13 bits per heavy atom. The van der Waals surface area contributed by atoms with Crippen LogP contribution in [0.25, 0.3) is 0 Å². The standard InChI is InChI=1S/C28H40ClN3O6S/c1-3-5-6-7-8-9-10-11-12-16-20-39(36,37)32(25(34)17-4-2)27-24(33)21-23(26(29)31-27)30-28(35)38-22-18-14-13-15-19-22/h13-15,18-19,21,33H,3-12,16-17,20H2,1-2H3,(H,30,35). The Morgan fingerprint density at radius 1 is 0.949 bits per heavy atom. The van der Waals surface area contributed by atoms with E-state index >= 15 is 0 Å². The van der Waals surface area contributed by atoms with Crippen molar-refractivity contribution in [3.8, 4) is 11.5 Å². The summed E-state index contributed by atoms with van der Waals surface area (Å²) in [5.41, 5.74) is -0.103. The van der Waals surface area contributed by atoms with Gasteiger partial charge in [0, 0.05) is 12.5 Å². The number of pyridine rings is 1. The van der Waals surface area contributed by atoms with Gasteiger partial charge in [0.2, 0.25) is 15.9 Å². The topological polar surface area (TPSA) is 126 Å². The van der Waals surface area contributed by atoms with Crippen molar-refractivity contribution in [1.82, 2.24) is 4.98 Å². The molecule has 0 saturated heterocycles. The van der Waals surface area contributed by atoms with Gasteiger partial charge >= 0.3 is 6.09 Å². The van der Waals surface area contributed by atoms with E-state index in [-0.39, 0.29) is 28.8 Å². The fourth-order valence-corrected chi connectivity index (χ4v) is 5.76. The number of hydrogen-bond donors (Lipinski definition) is 2. The molecule has 0 aliphatic heterocycles. The highest BCUT2D eigenvalue weighted by molar-refractivity contribution is 7.93. The molecule has 2 rings (SSSR count). The van der Waals surface area contributed by atoms with Crippen molar-refractivity contribution in [3.05, 3.63) is 41.6 Å². The minimum atomic E-state index is -4.13. The van der Waals surface area contributed by atoms with Gasteiger partial charge in [0.15, 0.2) is 16.7 Å². The zero-order valence-corrected chi connectivity index (χ0v) is 24.4. The van der Waals surface area contributed by atoms with E-state index in [4.69, 9.17) is 16.3 Å². The van der Waals surface area contributed by atoms with Crippen LogP contribution < -0.4 is 14.4 Å². The van der Waals surface area contributed by atoms with Crippen LogP contribution in [-0.4, -0.2) is 36.3 Å². The Bertz CT molecular complexity index is 1160. The Kier molecular flexibility index (Phi) is 14.1. The zero-order chi connectivity index (χ0) is 28.7. The Morgan fingerprint density at radius 2 is 1.54 bits per heavy atom. The first-order chi connectivity index (χ1) is 18.7. The third kappa shape index (κ3) is 11.0. The number of carbonyl (C=O) groups excluding carboxylic acids is 2. The number of para-hydroxylation sites is 1. The third-order valence-corrected chi connectivity index (χ3v) is 8.07. The molecule has 216 valence electrons. The molecule has 0 saturated carbocycles. The van der Waals surface area contributed by atoms with Gasteiger partial charge in [-0.1, -0.05) is 101 Å². The first kappa shape index (κ1) is 32.4. The summed E-state index contributed by atoms with van der Waals surface area (Å²) in [5, 5.41) is 12.7. The van der Waals surface area contributed by atoms with Gasteiger partial charge in [-0.05, 0) is 25.0 Å². The number of nitrogens with one attached hydrogen (secondary N) is 1. The van der Waals surface area contributed by atoms with Crippen LogP contribution in [0.2, 0.25) is 5.15 Å². The molecule has 2 aromatic rings. The highest BCUT2D eigenvalue weighted by atomic mass is 35.5. The maximum atomic E-state index is 13.2. The van der Waals surface area contributed by atoms with Gasteiger partial charge < -0.3 is 9.84 Å². The number of benzene rings is 1. The Labute approximate surface area is 237 Å². The summed E-state index contributed by atoms with van der Waals surface area (Å²) >= 11 is 6.21. The fourth-order valence-electron chi connectivity index (χ4n) is 4.02. The van der Waals surface area contributed by atoms with Crippen LogP contribution in [-0.2, 0) is 14.8 Å². The van der Waals surface area contributed by atoms with Gasteiger partial charge in [-0.25, -0.2) is 18.2 Å². The van der Waals surface area contributed by atoms with Crippen molar-refractivity contribution in [1.29, 1.82) is 0 Å². The van der Waals surface area contributed by atoms with Crippen molar-refractivity contribution in [3.63, 3.8) is 0 Å². The number of nitrogens with zero attached hydrogens (tertiary/aromatic N) is 2. The van der Waals surface area contributed by atoms with E-state index in [1.165, 1.54) is 32.1 Å². The van der Waals surface area contributed by atoms with E-state index in [2.05, 4.69) is 17.2 Å². The van der Waals surface area contributed by atoms with Gasteiger partial charge in [0.1, 0.15) is 5.75 Å². The van der Waals surface area contributed by atoms with Crippen LogP contribution in [0, 0.1) is 0 Å². The Balaban J connectivity index is 2.05. The first-order valence-electron chi connectivity index (χ1n) is 13.7. The molecule has 0 atom stereocenters. The molecule has 1 heterocycles. The Hall–Kier alpha value is -2.85.